The van der Waals surface area contributed by atoms with Crippen LogP contribution in [0.15, 0.2) is 36.4 Å². The van der Waals surface area contributed by atoms with E-state index in [1.807, 2.05) is 6.07 Å². The molecule has 3 atom stereocenters. The lowest BCUT2D eigenvalue weighted by Gasteiger charge is -2.28. The second-order valence-corrected chi connectivity index (χ2v) is 8.35. The van der Waals surface area contributed by atoms with Crippen LogP contribution in [0.2, 0.25) is 0 Å². The third-order valence-corrected chi connectivity index (χ3v) is 6.66. The van der Waals surface area contributed by atoms with E-state index in [-0.39, 0.29) is 24.8 Å². The number of likely N-dealkylation sites (tertiary alicyclic amines) is 2. The largest absolute Gasteiger partial charge is 0.493 e. The van der Waals surface area contributed by atoms with E-state index in [0.29, 0.717) is 29.4 Å². The summed E-state index contributed by atoms with van der Waals surface area (Å²) >= 11 is 0. The molecule has 2 heterocycles. The number of methoxy groups -OCH3 is 3. The van der Waals surface area contributed by atoms with Gasteiger partial charge in [-0.1, -0.05) is 30.3 Å². The minimum absolute atomic E-state index is 0. The minimum Gasteiger partial charge on any atom is -0.493 e. The van der Waals surface area contributed by atoms with Crippen LogP contribution in [-0.4, -0.2) is 57.8 Å². The molecule has 2 aliphatic heterocycles. The smallest absolute Gasteiger partial charge is 0.203 e. The molecule has 2 aromatic rings. The normalized spacial score (nSPS) is 22.9. The summed E-state index contributed by atoms with van der Waals surface area (Å²) in [5.74, 6) is 3.51. The van der Waals surface area contributed by atoms with Crippen molar-refractivity contribution in [2.75, 3.05) is 48.0 Å². The predicted octanol–water partition coefficient (Wildman–Crippen LogP) is 4.60. The first kappa shape index (κ1) is 25.6. The maximum Gasteiger partial charge on any atom is 0.203 e. The van der Waals surface area contributed by atoms with Crippen LogP contribution in [0, 0.1) is 18.8 Å². The first-order chi connectivity index (χ1) is 14.1. The van der Waals surface area contributed by atoms with Crippen LogP contribution in [0.1, 0.15) is 22.7 Å². The summed E-state index contributed by atoms with van der Waals surface area (Å²) in [6, 6.07) is 13.4. The SMILES string of the molecule is COc1ccc(CN2C[C@@H]3CN(C)[C@@H](c4ccccc4C)[C@@H]3C2)c(OC)c1OC.Cl.Cl. The number of benzene rings is 2. The molecule has 172 valence electrons. The van der Waals surface area contributed by atoms with E-state index in [1.165, 1.54) is 11.1 Å². The van der Waals surface area contributed by atoms with Crippen LogP contribution in [-0.2, 0) is 6.54 Å². The maximum absolute atomic E-state index is 5.70. The van der Waals surface area contributed by atoms with Crippen molar-refractivity contribution in [1.82, 2.24) is 9.80 Å². The highest BCUT2D eigenvalue weighted by Crippen LogP contribution is 2.46. The monoisotopic (exact) mass is 468 g/mol. The molecule has 31 heavy (non-hydrogen) atoms. The second-order valence-electron chi connectivity index (χ2n) is 8.35. The molecule has 0 amide bonds. The van der Waals surface area contributed by atoms with E-state index in [1.54, 1.807) is 21.3 Å². The molecule has 0 unspecified atom stereocenters. The Hall–Kier alpha value is -1.66. The van der Waals surface area contributed by atoms with Gasteiger partial charge < -0.3 is 14.2 Å². The molecule has 0 N–H and O–H groups in total. The number of nitrogens with zero attached hydrogens (tertiary/aromatic N) is 2. The van der Waals surface area contributed by atoms with Crippen LogP contribution in [0.5, 0.6) is 17.2 Å². The van der Waals surface area contributed by atoms with Gasteiger partial charge in [-0.2, -0.15) is 0 Å². The minimum atomic E-state index is 0. The van der Waals surface area contributed by atoms with E-state index >= 15 is 0 Å². The Balaban J connectivity index is 0.00000171. The van der Waals surface area contributed by atoms with Crippen LogP contribution < -0.4 is 14.2 Å². The zero-order chi connectivity index (χ0) is 20.5. The van der Waals surface area contributed by atoms with Gasteiger partial charge in [0.1, 0.15) is 0 Å². The molecule has 0 aromatic heterocycles. The highest BCUT2D eigenvalue weighted by Gasteiger charge is 2.46. The average Bonchev–Trinajstić information content (AvgIpc) is 3.23. The standard InChI is InChI=1S/C24H32N2O3.2ClH/c1-16-8-6-7-9-19(16)22-20-15-26(14-18(20)12-25(22)2)13-17-10-11-21(27-3)24(29-5)23(17)28-4;;/h6-11,18,20,22H,12-15H2,1-5H3;2*1H/t18-,20+,22-;;/m0../s1. The van der Waals surface area contributed by atoms with Crippen LogP contribution in [0.4, 0.5) is 0 Å². The molecule has 2 aliphatic rings. The third-order valence-electron chi connectivity index (χ3n) is 6.66. The lowest BCUT2D eigenvalue weighted by atomic mass is 9.88. The van der Waals surface area contributed by atoms with Gasteiger partial charge in [0.15, 0.2) is 11.5 Å². The number of fused-ring (bicyclic) bond motifs is 1. The Bertz CT molecular complexity index is 880. The van der Waals surface area contributed by atoms with Gasteiger partial charge in [-0.15, -0.1) is 24.8 Å². The second kappa shape index (κ2) is 10.8. The molecule has 0 radical (unpaired) electrons. The van der Waals surface area contributed by atoms with Crippen molar-refractivity contribution < 1.29 is 14.2 Å². The first-order valence-corrected chi connectivity index (χ1v) is 10.3. The molecule has 0 aliphatic carbocycles. The van der Waals surface area contributed by atoms with Crippen LogP contribution >= 0.6 is 24.8 Å². The highest BCUT2D eigenvalue weighted by atomic mass is 35.5. The number of ether oxygens (including phenoxy) is 3. The predicted molar refractivity (Wildman–Crippen MR) is 129 cm³/mol. The van der Waals surface area contributed by atoms with Gasteiger partial charge in [-0.25, -0.2) is 0 Å². The van der Waals surface area contributed by atoms with Crippen molar-refractivity contribution in [1.29, 1.82) is 0 Å². The van der Waals surface area contributed by atoms with Gasteiger partial charge in [-0.3, -0.25) is 9.80 Å². The lowest BCUT2D eigenvalue weighted by Crippen LogP contribution is -2.29. The number of aryl methyl sites for hydroxylation is 1. The molecular formula is C24H34Cl2N2O3. The van der Waals surface area contributed by atoms with Crippen LogP contribution in [0.25, 0.3) is 0 Å². The fourth-order valence-corrected chi connectivity index (χ4v) is 5.39. The molecule has 4 rings (SSSR count). The Labute approximate surface area is 198 Å². The van der Waals surface area contributed by atoms with Crippen LogP contribution in [0.3, 0.4) is 0 Å². The molecule has 2 fully saturated rings. The van der Waals surface area contributed by atoms with Gasteiger partial charge in [0.05, 0.1) is 21.3 Å². The van der Waals surface area contributed by atoms with Crippen molar-refractivity contribution in [3.05, 3.63) is 53.1 Å². The van der Waals surface area contributed by atoms with Crippen molar-refractivity contribution in [2.24, 2.45) is 11.8 Å². The number of hydrogen-bond donors (Lipinski definition) is 0. The quantitative estimate of drug-likeness (QED) is 0.618. The molecule has 2 saturated heterocycles. The summed E-state index contributed by atoms with van der Waals surface area (Å²) in [6.45, 7) is 6.47. The van der Waals surface area contributed by atoms with Gasteiger partial charge in [-0.05, 0) is 43.0 Å². The maximum atomic E-state index is 5.70. The van der Waals surface area contributed by atoms with Crippen molar-refractivity contribution in [3.63, 3.8) is 0 Å². The van der Waals surface area contributed by atoms with Crippen molar-refractivity contribution in [2.45, 2.75) is 19.5 Å². The molecule has 0 bridgehead atoms. The number of rotatable bonds is 6. The Kier molecular flexibility index (Phi) is 8.90. The zero-order valence-corrected chi connectivity index (χ0v) is 20.6. The molecule has 2 aromatic carbocycles. The summed E-state index contributed by atoms with van der Waals surface area (Å²) < 4.78 is 16.7. The number of halogens is 2. The van der Waals surface area contributed by atoms with Crippen molar-refractivity contribution in [3.8, 4) is 17.2 Å². The summed E-state index contributed by atoms with van der Waals surface area (Å²) in [4.78, 5) is 5.11. The van der Waals surface area contributed by atoms with Gasteiger partial charge >= 0.3 is 0 Å². The molecule has 0 spiro atoms. The van der Waals surface area contributed by atoms with E-state index < -0.39 is 0 Å². The van der Waals surface area contributed by atoms with Gasteiger partial charge in [0, 0.05) is 37.8 Å². The Morgan fingerprint density at radius 3 is 2.23 bits per heavy atom. The molecule has 0 saturated carbocycles. The van der Waals surface area contributed by atoms with Gasteiger partial charge in [0.2, 0.25) is 5.75 Å². The summed E-state index contributed by atoms with van der Waals surface area (Å²) in [5.41, 5.74) is 4.02. The highest BCUT2D eigenvalue weighted by molar-refractivity contribution is 5.85. The van der Waals surface area contributed by atoms with Crippen molar-refractivity contribution >= 4 is 24.8 Å². The summed E-state index contributed by atoms with van der Waals surface area (Å²) in [7, 11) is 7.29. The van der Waals surface area contributed by atoms with E-state index in [0.717, 1.165) is 37.5 Å². The zero-order valence-electron chi connectivity index (χ0n) is 19.0. The topological polar surface area (TPSA) is 34.2 Å². The van der Waals surface area contributed by atoms with Gasteiger partial charge in [0.25, 0.3) is 0 Å². The number of hydrogen-bond acceptors (Lipinski definition) is 5. The van der Waals surface area contributed by atoms with E-state index in [9.17, 15) is 0 Å². The molecular weight excluding hydrogens is 435 g/mol. The van der Waals surface area contributed by atoms with E-state index in [4.69, 9.17) is 14.2 Å². The molecule has 7 heteroatoms. The lowest BCUT2D eigenvalue weighted by molar-refractivity contribution is 0.222. The summed E-state index contributed by atoms with van der Waals surface area (Å²) in [5, 5.41) is 0. The van der Waals surface area contributed by atoms with E-state index in [2.05, 4.69) is 54.1 Å². The third kappa shape index (κ3) is 4.75. The summed E-state index contributed by atoms with van der Waals surface area (Å²) in [6.07, 6.45) is 0. The average molecular weight is 469 g/mol. The molecule has 5 nitrogen and oxygen atoms in total. The Morgan fingerprint density at radius 1 is 0.871 bits per heavy atom. The first-order valence-electron chi connectivity index (χ1n) is 10.3. The fraction of sp³-hybridized carbons (Fsp3) is 0.500. The Morgan fingerprint density at radius 2 is 1.58 bits per heavy atom. The fourth-order valence-electron chi connectivity index (χ4n) is 5.39.